The summed E-state index contributed by atoms with van der Waals surface area (Å²) in [6, 6.07) is 22.6. The summed E-state index contributed by atoms with van der Waals surface area (Å²) >= 11 is 0. The van der Waals surface area contributed by atoms with Crippen molar-refractivity contribution >= 4 is 34.7 Å². The van der Waals surface area contributed by atoms with Crippen molar-refractivity contribution in [2.24, 2.45) is 9.98 Å². The Labute approximate surface area is 391 Å². The van der Waals surface area contributed by atoms with Gasteiger partial charge in [0.25, 0.3) is 0 Å². The maximum Gasteiger partial charge on any atom is 2.00 e. The monoisotopic (exact) mass is 918 g/mol. The fourth-order valence-corrected chi connectivity index (χ4v) is 6.77. The molecule has 0 aliphatic carbocycles. The zero-order valence-corrected chi connectivity index (χ0v) is 39.5. The van der Waals surface area contributed by atoms with Crippen molar-refractivity contribution in [1.82, 2.24) is 0 Å². The Kier molecular flexibility index (Phi) is 28.2. The number of carboxylic acids is 2. The molecule has 0 saturated carbocycles. The van der Waals surface area contributed by atoms with Gasteiger partial charge >= 0.3 is 16.5 Å². The molecule has 4 aromatic rings. The van der Waals surface area contributed by atoms with E-state index < -0.39 is 34.9 Å². The van der Waals surface area contributed by atoms with Crippen LogP contribution in [0, 0.1) is 0 Å². The van der Waals surface area contributed by atoms with E-state index in [1.54, 1.807) is 0 Å². The maximum atomic E-state index is 10.8. The Morgan fingerprint density at radius 3 is 1.34 bits per heavy atom. The van der Waals surface area contributed by atoms with Gasteiger partial charge in [0.15, 0.2) is 23.0 Å². The van der Waals surface area contributed by atoms with Crippen LogP contribution in [0.1, 0.15) is 155 Å². The van der Waals surface area contributed by atoms with Gasteiger partial charge < -0.3 is 40.2 Å². The number of phenols is 4. The molecule has 4 rings (SSSR count). The van der Waals surface area contributed by atoms with E-state index in [1.807, 2.05) is 13.8 Å². The van der Waals surface area contributed by atoms with E-state index in [9.17, 15) is 40.2 Å². The van der Waals surface area contributed by atoms with Crippen molar-refractivity contribution in [2.45, 2.75) is 138 Å². The third-order valence-electron chi connectivity index (χ3n) is 10.3. The van der Waals surface area contributed by atoms with E-state index >= 15 is 0 Å². The van der Waals surface area contributed by atoms with Crippen LogP contribution in [0.4, 0.5) is 11.4 Å². The number of aliphatic imine (C=N–C) groups is 2. The minimum atomic E-state index is -1.46. The Hall–Kier alpha value is -5.67. The van der Waals surface area contributed by atoms with E-state index in [2.05, 4.69) is 101 Å². The van der Waals surface area contributed by atoms with Crippen molar-refractivity contribution < 1.29 is 56.7 Å². The quantitative estimate of drug-likeness (QED) is 0.0197. The van der Waals surface area contributed by atoms with E-state index in [0.717, 1.165) is 106 Å². The number of carbonyl (C=O) groups is 2. The van der Waals surface area contributed by atoms with Gasteiger partial charge in [-0.3, -0.25) is 9.98 Å². The number of hydrogen-bond donors (Lipinski definition) is 4. The largest absolute Gasteiger partial charge is 2.00 e. The van der Waals surface area contributed by atoms with Crippen LogP contribution in [-0.4, -0.2) is 43.8 Å². The van der Waals surface area contributed by atoms with E-state index in [1.165, 1.54) is 35.4 Å². The number of aromatic hydroxyl groups is 4. The maximum absolute atomic E-state index is 10.8. The third kappa shape index (κ3) is 19.4. The molecule has 0 aromatic heterocycles. The number of rotatable bonds is 22. The van der Waals surface area contributed by atoms with Crippen LogP contribution >= 0.6 is 0 Å². The minimum absolute atomic E-state index is 0. The smallest absolute Gasteiger partial charge is 0.545 e. The Balaban J connectivity index is 0.000000524. The van der Waals surface area contributed by atoms with Crippen LogP contribution in [0.5, 0.6) is 23.0 Å². The summed E-state index contributed by atoms with van der Waals surface area (Å²) in [6.07, 6.45) is 22.8. The molecule has 0 radical (unpaired) electrons. The number of aromatic carboxylic acids is 2. The second-order valence-corrected chi connectivity index (χ2v) is 15.3. The molecule has 4 N–H and O–H groups in total. The van der Waals surface area contributed by atoms with Crippen LogP contribution in [0.3, 0.4) is 0 Å². The third-order valence-corrected chi connectivity index (χ3v) is 10.3. The molecule has 0 fully saturated rings. The zero-order chi connectivity index (χ0) is 46.6. The molecule has 0 unspecified atom stereocenters. The molecule has 0 saturated heterocycles. The Morgan fingerprint density at radius 2 is 0.953 bits per heavy atom. The van der Waals surface area contributed by atoms with Gasteiger partial charge in [-0.25, -0.2) is 0 Å². The number of unbranched alkanes of at least 4 members (excludes halogenated alkanes) is 5. The summed E-state index contributed by atoms with van der Waals surface area (Å²) in [5.41, 5.74) is 7.28. The zero-order valence-electron chi connectivity index (χ0n) is 38.5. The van der Waals surface area contributed by atoms with Crippen LogP contribution in [-0.2, 0) is 42.2 Å². The minimum Gasteiger partial charge on any atom is -0.545 e. The average molecular weight is 920 g/mol. The molecule has 0 bridgehead atoms. The second-order valence-electron chi connectivity index (χ2n) is 15.3. The van der Waals surface area contributed by atoms with Gasteiger partial charge in [0.2, 0.25) is 0 Å². The SMILES string of the molecule is CC=CCCc1ccccc1N=C(C)C(CCCC)=Nc1ccccc1CCC=CC.CCCCCc1ccc(O)c(O)c1C(=O)[O-].CCCCCc1ccc(O)c(O)c1C(=O)[O-].[Ni+2]. The van der Waals surface area contributed by atoms with E-state index in [0.29, 0.717) is 24.0 Å². The average Bonchev–Trinajstić information content (AvgIpc) is 3.26. The molecule has 0 aliphatic rings. The van der Waals surface area contributed by atoms with Gasteiger partial charge in [0, 0.05) is 11.1 Å². The summed E-state index contributed by atoms with van der Waals surface area (Å²) in [5.74, 6) is -4.99. The molecule has 0 atom stereocenters. The molecule has 0 amide bonds. The standard InChI is InChI=1S/C29H38N2.2C12H16O4.Ni/c1-5-8-11-17-25-19-13-15-22-28(25)30-24(4)27(21-10-7-3)31-29-23-16-14-20-26(29)18-12-9-6-2;2*1-2-3-4-5-8-6-7-9(13)11(14)10(8)12(15)16;/h5-6,8-9,13-16,19-20,22-23H,7,10-12,17-18,21H2,1-4H3;2*6-7,13-14H,2-5H2,1H3,(H,15,16);/q;;;+2/p-2. The van der Waals surface area contributed by atoms with Crippen molar-refractivity contribution in [3.63, 3.8) is 0 Å². The van der Waals surface area contributed by atoms with Crippen LogP contribution in [0.25, 0.3) is 0 Å². The molecular formula is C53H68N2NiO8. The van der Waals surface area contributed by atoms with Gasteiger partial charge in [-0.05, 0) is 131 Å². The number of para-hydroxylation sites is 2. The first kappa shape index (κ1) is 56.4. The molecule has 10 nitrogen and oxygen atoms in total. The predicted molar refractivity (Wildman–Crippen MR) is 253 cm³/mol. The first-order valence-electron chi connectivity index (χ1n) is 22.4. The van der Waals surface area contributed by atoms with Gasteiger partial charge in [-0.2, -0.15) is 0 Å². The number of hydrogen-bond acceptors (Lipinski definition) is 10. The van der Waals surface area contributed by atoms with Crippen LogP contribution < -0.4 is 10.2 Å². The second kappa shape index (κ2) is 32.1. The van der Waals surface area contributed by atoms with Gasteiger partial charge in [0.05, 0.1) is 34.7 Å². The molecule has 64 heavy (non-hydrogen) atoms. The number of carbonyl (C=O) groups excluding carboxylic acids is 2. The van der Waals surface area contributed by atoms with Crippen LogP contribution in [0.15, 0.2) is 107 Å². The van der Waals surface area contributed by atoms with Crippen molar-refractivity contribution in [3.05, 3.63) is 130 Å². The topological polar surface area (TPSA) is 186 Å². The summed E-state index contributed by atoms with van der Waals surface area (Å²) < 4.78 is 0. The fourth-order valence-electron chi connectivity index (χ4n) is 6.77. The normalized spacial score (nSPS) is 11.4. The fraction of sp³-hybridized carbons (Fsp3) is 0.396. The van der Waals surface area contributed by atoms with Crippen molar-refractivity contribution in [3.8, 4) is 23.0 Å². The molecule has 0 aliphatic heterocycles. The Bertz CT molecular complexity index is 2080. The summed E-state index contributed by atoms with van der Waals surface area (Å²) in [6.45, 7) is 12.6. The number of allylic oxidation sites excluding steroid dienone is 4. The van der Waals surface area contributed by atoms with E-state index in [4.69, 9.17) is 9.98 Å². The number of nitrogens with zero attached hydrogens (tertiary/aromatic N) is 2. The molecule has 11 heteroatoms. The number of aryl methyl sites for hydroxylation is 4. The number of phenolic OH excluding ortho intramolecular Hbond substituents is 2. The van der Waals surface area contributed by atoms with Crippen LogP contribution in [0.2, 0.25) is 0 Å². The molecular weight excluding hydrogens is 851 g/mol. The van der Waals surface area contributed by atoms with Crippen molar-refractivity contribution in [2.75, 3.05) is 0 Å². The van der Waals surface area contributed by atoms with Gasteiger partial charge in [-0.15, -0.1) is 0 Å². The molecule has 348 valence electrons. The first-order chi connectivity index (χ1) is 30.3. The Morgan fingerprint density at radius 1 is 0.547 bits per heavy atom. The summed E-state index contributed by atoms with van der Waals surface area (Å²) in [7, 11) is 0. The molecule has 4 aromatic carbocycles. The summed E-state index contributed by atoms with van der Waals surface area (Å²) in [5, 5.41) is 59.0. The van der Waals surface area contributed by atoms with Crippen molar-refractivity contribution in [1.29, 1.82) is 0 Å². The number of benzene rings is 4. The van der Waals surface area contributed by atoms with Gasteiger partial charge in [0.1, 0.15) is 0 Å². The summed E-state index contributed by atoms with van der Waals surface area (Å²) in [4.78, 5) is 31.9. The molecule has 0 heterocycles. The molecule has 0 spiro atoms. The van der Waals surface area contributed by atoms with Gasteiger partial charge in [-0.1, -0.05) is 126 Å². The predicted octanol–water partition coefficient (Wildman–Crippen LogP) is 11.1. The van der Waals surface area contributed by atoms with E-state index in [-0.39, 0.29) is 27.6 Å². The number of carboxylic acid groups (broad SMARTS) is 2. The first-order valence-corrected chi connectivity index (χ1v) is 22.4.